The number of hydrogen-bond acceptors (Lipinski definition) is 4. The van der Waals surface area contributed by atoms with Crippen LogP contribution in [0.2, 0.25) is 0 Å². The monoisotopic (exact) mass is 261 g/mol. The van der Waals surface area contributed by atoms with Crippen LogP contribution in [-0.2, 0) is 32.9 Å². The van der Waals surface area contributed by atoms with Crippen LogP contribution in [0.3, 0.4) is 0 Å². The zero-order valence-electron chi connectivity index (χ0n) is 7.38. The molecule has 0 atom stereocenters. The first-order valence-corrected chi connectivity index (χ1v) is 3.17. The second kappa shape index (κ2) is 7.24. The molecule has 87 valence electrons. The van der Waals surface area contributed by atoms with Crippen LogP contribution in [0, 0.1) is 0 Å². The van der Waals surface area contributed by atoms with Crippen LogP contribution in [-0.4, -0.2) is 49.4 Å². The maximum atomic E-state index is 10.3. The maximum absolute atomic E-state index is 10.3. The Morgan fingerprint density at radius 1 is 0.933 bits per heavy atom. The van der Waals surface area contributed by atoms with Gasteiger partial charge in [0.15, 0.2) is 5.60 Å². The van der Waals surface area contributed by atoms with Crippen molar-refractivity contribution in [2.24, 2.45) is 0 Å². The van der Waals surface area contributed by atoms with Gasteiger partial charge in [0.1, 0.15) is 0 Å². The maximum Gasteiger partial charge on any atom is 0.336 e. The number of aliphatic carboxylic acids is 3. The second-order valence-corrected chi connectivity index (χ2v) is 2.48. The summed E-state index contributed by atoms with van der Waals surface area (Å²) in [7, 11) is 0. The fourth-order valence-corrected chi connectivity index (χ4v) is 0.714. The minimum absolute atomic E-state index is 0. The Labute approximate surface area is 95.7 Å². The molecule has 15 heavy (non-hydrogen) atoms. The topological polar surface area (TPSA) is 164 Å². The first-order chi connectivity index (χ1) is 5.78. The standard InChI is InChI=1S/C6H8O7.H2O.V/c7-3(8)1-6(13,5(11)12)2-4(9)10;;/h13H,1-2H2,(H,7,8)(H,9,10)(H,11,12);1H2;. The summed E-state index contributed by atoms with van der Waals surface area (Å²) in [6.45, 7) is 0. The van der Waals surface area contributed by atoms with E-state index in [1.165, 1.54) is 0 Å². The van der Waals surface area contributed by atoms with Crippen LogP contribution in [0.4, 0.5) is 0 Å². The van der Waals surface area contributed by atoms with Crippen LogP contribution < -0.4 is 0 Å². The van der Waals surface area contributed by atoms with Crippen molar-refractivity contribution < 1.29 is 58.8 Å². The molecule has 8 nitrogen and oxygen atoms in total. The van der Waals surface area contributed by atoms with Crippen molar-refractivity contribution >= 4 is 17.9 Å². The first kappa shape index (κ1) is 19.5. The van der Waals surface area contributed by atoms with E-state index in [-0.39, 0.29) is 24.0 Å². The molecule has 9 heteroatoms. The van der Waals surface area contributed by atoms with E-state index in [9.17, 15) is 14.4 Å². The third kappa shape index (κ3) is 6.92. The molecule has 0 aliphatic rings. The fraction of sp³-hybridized carbons (Fsp3) is 0.500. The molecule has 1 radical (unpaired) electrons. The Bertz CT molecular complexity index is 234. The van der Waals surface area contributed by atoms with E-state index >= 15 is 0 Å². The van der Waals surface area contributed by atoms with E-state index in [2.05, 4.69) is 0 Å². The van der Waals surface area contributed by atoms with E-state index < -0.39 is 36.4 Å². The molecule has 0 aromatic rings. The van der Waals surface area contributed by atoms with Gasteiger partial charge in [0.2, 0.25) is 0 Å². The summed E-state index contributed by atoms with van der Waals surface area (Å²) < 4.78 is 0. The van der Waals surface area contributed by atoms with Crippen LogP contribution in [0.15, 0.2) is 0 Å². The van der Waals surface area contributed by atoms with Gasteiger partial charge in [0.25, 0.3) is 0 Å². The molecule has 0 fully saturated rings. The van der Waals surface area contributed by atoms with Gasteiger partial charge >= 0.3 is 17.9 Å². The summed E-state index contributed by atoms with van der Waals surface area (Å²) in [5, 5.41) is 33.8. The largest absolute Gasteiger partial charge is 0.481 e. The van der Waals surface area contributed by atoms with E-state index in [1.807, 2.05) is 0 Å². The van der Waals surface area contributed by atoms with Gasteiger partial charge in [-0.05, 0) is 0 Å². The number of hydrogen-bond donors (Lipinski definition) is 4. The van der Waals surface area contributed by atoms with Gasteiger partial charge in [-0.15, -0.1) is 0 Å². The Morgan fingerprint density at radius 2 is 1.20 bits per heavy atom. The summed E-state index contributed by atoms with van der Waals surface area (Å²) in [5.41, 5.74) is -2.74. The molecule has 0 aliphatic heterocycles. The predicted octanol–water partition coefficient (Wildman–Crippen LogP) is -2.08. The van der Waals surface area contributed by atoms with E-state index in [4.69, 9.17) is 20.4 Å². The Morgan fingerprint density at radius 3 is 1.33 bits per heavy atom. The number of rotatable bonds is 5. The third-order valence-corrected chi connectivity index (χ3v) is 1.29. The molecule has 0 spiro atoms. The molecule has 0 bridgehead atoms. The van der Waals surface area contributed by atoms with Crippen molar-refractivity contribution in [3.63, 3.8) is 0 Å². The molecule has 0 aromatic carbocycles. The summed E-state index contributed by atoms with van der Waals surface area (Å²) in [6.07, 6.45) is -2.29. The average molecular weight is 261 g/mol. The molecule has 0 aromatic heterocycles. The molecule has 6 N–H and O–H groups in total. The van der Waals surface area contributed by atoms with Gasteiger partial charge < -0.3 is 25.9 Å². The molecule has 0 unspecified atom stereocenters. The predicted molar refractivity (Wildman–Crippen MR) is 40.7 cm³/mol. The number of carbonyl (C=O) groups is 3. The molecule has 0 aliphatic carbocycles. The normalized spacial score (nSPS) is 9.40. The van der Waals surface area contributed by atoms with Crippen molar-refractivity contribution in [2.75, 3.05) is 0 Å². The SMILES string of the molecule is O.O=C(O)CC(O)(CC(=O)O)C(=O)O.[V]. The molecule has 0 saturated carbocycles. The molecule has 0 rings (SSSR count). The van der Waals surface area contributed by atoms with E-state index in [0.29, 0.717) is 0 Å². The van der Waals surface area contributed by atoms with Gasteiger partial charge in [-0.2, -0.15) is 0 Å². The van der Waals surface area contributed by atoms with Crippen LogP contribution >= 0.6 is 0 Å². The number of aliphatic hydroxyl groups is 1. The zero-order valence-corrected chi connectivity index (χ0v) is 8.77. The molecular formula is C6H10O8V. The van der Waals surface area contributed by atoms with Gasteiger partial charge in [-0.1, -0.05) is 0 Å². The molecule has 0 saturated heterocycles. The fourth-order valence-electron chi connectivity index (χ4n) is 0.714. The summed E-state index contributed by atoms with van der Waals surface area (Å²) in [5.74, 6) is -5.02. The minimum Gasteiger partial charge on any atom is -0.481 e. The summed E-state index contributed by atoms with van der Waals surface area (Å²) >= 11 is 0. The third-order valence-electron chi connectivity index (χ3n) is 1.29. The van der Waals surface area contributed by atoms with Crippen molar-refractivity contribution in [1.29, 1.82) is 0 Å². The Kier molecular flexibility index (Phi) is 9.40. The van der Waals surface area contributed by atoms with Gasteiger partial charge in [-0.25, -0.2) is 4.79 Å². The van der Waals surface area contributed by atoms with Crippen LogP contribution in [0.5, 0.6) is 0 Å². The van der Waals surface area contributed by atoms with Crippen LogP contribution in [0.1, 0.15) is 12.8 Å². The molecule has 0 amide bonds. The van der Waals surface area contributed by atoms with Gasteiger partial charge in [-0.3, -0.25) is 9.59 Å². The first-order valence-electron chi connectivity index (χ1n) is 3.17. The van der Waals surface area contributed by atoms with Gasteiger partial charge in [0.05, 0.1) is 12.8 Å². The number of carboxylic acids is 3. The van der Waals surface area contributed by atoms with E-state index in [0.717, 1.165) is 0 Å². The van der Waals surface area contributed by atoms with Gasteiger partial charge in [0, 0.05) is 18.6 Å². The van der Waals surface area contributed by atoms with Crippen molar-refractivity contribution in [1.82, 2.24) is 0 Å². The van der Waals surface area contributed by atoms with Crippen molar-refractivity contribution in [2.45, 2.75) is 18.4 Å². The summed E-state index contributed by atoms with van der Waals surface area (Å²) in [6, 6.07) is 0. The average Bonchev–Trinajstić information content (AvgIpc) is 1.82. The number of carboxylic acid groups (broad SMARTS) is 3. The minimum atomic E-state index is -2.74. The second-order valence-electron chi connectivity index (χ2n) is 2.48. The Balaban J connectivity index is -0.000000720. The summed E-state index contributed by atoms with van der Waals surface area (Å²) in [4.78, 5) is 30.5. The van der Waals surface area contributed by atoms with Crippen molar-refractivity contribution in [3.8, 4) is 0 Å². The molecule has 0 heterocycles. The zero-order chi connectivity index (χ0) is 10.6. The Hall–Kier alpha value is -1.09. The van der Waals surface area contributed by atoms with Crippen molar-refractivity contribution in [3.05, 3.63) is 0 Å². The van der Waals surface area contributed by atoms with Crippen LogP contribution in [0.25, 0.3) is 0 Å². The quantitative estimate of drug-likeness (QED) is 0.441. The van der Waals surface area contributed by atoms with E-state index in [1.54, 1.807) is 0 Å². The molecular weight excluding hydrogens is 251 g/mol. The smallest absolute Gasteiger partial charge is 0.336 e.